The highest BCUT2D eigenvalue weighted by atomic mass is 79.9. The molecule has 130 valence electrons. The van der Waals surface area contributed by atoms with Crippen molar-refractivity contribution in [3.05, 3.63) is 57.1 Å². The van der Waals surface area contributed by atoms with Crippen LogP contribution in [0.2, 0.25) is 0 Å². The summed E-state index contributed by atoms with van der Waals surface area (Å²) in [5.74, 6) is -0.416. The number of benzene rings is 1. The molecule has 25 heavy (non-hydrogen) atoms. The number of thiophene rings is 1. The zero-order chi connectivity index (χ0) is 17.8. The van der Waals surface area contributed by atoms with Gasteiger partial charge in [-0.1, -0.05) is 12.1 Å². The maximum atomic E-state index is 13.5. The molecule has 0 saturated carbocycles. The Balaban J connectivity index is 1.57. The summed E-state index contributed by atoms with van der Waals surface area (Å²) in [7, 11) is 1.67. The molecule has 0 aliphatic carbocycles. The Morgan fingerprint density at radius 2 is 2.12 bits per heavy atom. The van der Waals surface area contributed by atoms with E-state index in [2.05, 4.69) is 20.9 Å². The van der Waals surface area contributed by atoms with E-state index in [1.165, 1.54) is 22.3 Å². The lowest BCUT2D eigenvalue weighted by Crippen LogP contribution is -2.31. The van der Waals surface area contributed by atoms with E-state index < -0.39 is 5.82 Å². The fourth-order valence-electron chi connectivity index (χ4n) is 2.06. The van der Waals surface area contributed by atoms with Crippen molar-refractivity contribution in [3.8, 4) is 15.6 Å². The summed E-state index contributed by atoms with van der Waals surface area (Å²) in [5, 5.41) is 4.54. The normalized spacial score (nSPS) is 10.7. The number of likely N-dealkylation sites (N-methyl/N-ethyl adjacent to an activating group) is 1. The molecule has 0 fully saturated rings. The van der Waals surface area contributed by atoms with E-state index in [4.69, 9.17) is 4.74 Å². The minimum atomic E-state index is -0.414. The van der Waals surface area contributed by atoms with Gasteiger partial charge in [-0.25, -0.2) is 9.37 Å². The van der Waals surface area contributed by atoms with E-state index >= 15 is 0 Å². The minimum Gasteiger partial charge on any atom is -0.489 e. The maximum Gasteiger partial charge on any atom is 0.273 e. The summed E-state index contributed by atoms with van der Waals surface area (Å²) < 4.78 is 19.9. The van der Waals surface area contributed by atoms with Crippen LogP contribution in [0.25, 0.3) is 9.88 Å². The lowest BCUT2D eigenvalue weighted by Gasteiger charge is -2.16. The van der Waals surface area contributed by atoms with Crippen molar-refractivity contribution < 1.29 is 13.9 Å². The van der Waals surface area contributed by atoms with Crippen LogP contribution < -0.4 is 4.74 Å². The smallest absolute Gasteiger partial charge is 0.273 e. The third kappa shape index (κ3) is 4.45. The maximum absolute atomic E-state index is 13.5. The highest BCUT2D eigenvalue weighted by Gasteiger charge is 2.17. The van der Waals surface area contributed by atoms with Gasteiger partial charge in [0.1, 0.15) is 17.3 Å². The van der Waals surface area contributed by atoms with Crippen molar-refractivity contribution in [2.45, 2.75) is 0 Å². The summed E-state index contributed by atoms with van der Waals surface area (Å²) in [5.41, 5.74) is 0.401. The van der Waals surface area contributed by atoms with Crippen LogP contribution in [0.4, 0.5) is 4.39 Å². The minimum absolute atomic E-state index is 0.183. The Morgan fingerprint density at radius 1 is 1.32 bits per heavy atom. The van der Waals surface area contributed by atoms with Crippen molar-refractivity contribution >= 4 is 44.5 Å². The molecule has 0 N–H and O–H groups in total. The number of carbonyl (C=O) groups is 1. The molecule has 0 bridgehead atoms. The molecule has 0 aliphatic heterocycles. The molecule has 1 amide bonds. The van der Waals surface area contributed by atoms with Gasteiger partial charge in [-0.2, -0.15) is 0 Å². The van der Waals surface area contributed by atoms with Crippen LogP contribution in [0.5, 0.6) is 5.75 Å². The average molecular weight is 441 g/mol. The summed E-state index contributed by atoms with van der Waals surface area (Å²) in [6, 6.07) is 8.17. The van der Waals surface area contributed by atoms with Gasteiger partial charge in [-0.15, -0.1) is 22.7 Å². The Hall–Kier alpha value is -1.77. The Kier molecular flexibility index (Phi) is 5.82. The third-order valence-corrected chi connectivity index (χ3v) is 6.07. The first-order valence-corrected chi connectivity index (χ1v) is 9.92. The Labute approximate surface area is 161 Å². The number of nitrogens with zero attached hydrogens (tertiary/aromatic N) is 2. The molecule has 2 aromatic heterocycles. The van der Waals surface area contributed by atoms with Gasteiger partial charge in [-0.3, -0.25) is 4.79 Å². The fourth-order valence-corrected chi connectivity index (χ4v) is 4.36. The van der Waals surface area contributed by atoms with Gasteiger partial charge in [0.05, 0.1) is 11.4 Å². The molecule has 3 aromatic rings. The van der Waals surface area contributed by atoms with Crippen LogP contribution in [0, 0.1) is 5.82 Å². The summed E-state index contributed by atoms with van der Waals surface area (Å²) in [6.07, 6.45) is 0. The number of ether oxygens (including phenoxy) is 1. The van der Waals surface area contributed by atoms with Crippen molar-refractivity contribution in [1.29, 1.82) is 0 Å². The monoisotopic (exact) mass is 440 g/mol. The first-order chi connectivity index (χ1) is 12.0. The molecular formula is C17H14BrFN2O2S2. The number of amides is 1. The largest absolute Gasteiger partial charge is 0.489 e. The predicted octanol–water partition coefficient (Wildman–Crippen LogP) is 4.92. The van der Waals surface area contributed by atoms with Crippen LogP contribution in [0.1, 0.15) is 10.5 Å². The van der Waals surface area contributed by atoms with E-state index in [-0.39, 0.29) is 18.3 Å². The van der Waals surface area contributed by atoms with E-state index in [1.807, 2.05) is 11.4 Å². The Bertz CT molecular complexity index is 881. The van der Waals surface area contributed by atoms with Crippen LogP contribution in [-0.2, 0) is 0 Å². The van der Waals surface area contributed by atoms with Gasteiger partial charge < -0.3 is 9.64 Å². The first-order valence-electron chi connectivity index (χ1n) is 7.37. The van der Waals surface area contributed by atoms with Gasteiger partial charge in [0.15, 0.2) is 11.6 Å². The van der Waals surface area contributed by atoms with Gasteiger partial charge >= 0.3 is 0 Å². The topological polar surface area (TPSA) is 42.4 Å². The molecule has 0 radical (unpaired) electrons. The SMILES string of the molecule is CN(CCOc1ccccc1F)C(=O)c1csc(-c2cc(Br)cs2)n1. The summed E-state index contributed by atoms with van der Waals surface area (Å²) in [6.45, 7) is 0.544. The standard InChI is InChI=1S/C17H14BrFN2O2S2/c1-21(6-7-23-14-5-3-2-4-12(14)19)17(22)13-10-25-16(20-13)15-8-11(18)9-24-15/h2-5,8-10H,6-7H2,1H3. The van der Waals surface area contributed by atoms with Crippen LogP contribution >= 0.6 is 38.6 Å². The second-order valence-corrected chi connectivity index (χ2v) is 7.86. The summed E-state index contributed by atoms with van der Waals surface area (Å²) >= 11 is 6.42. The molecule has 8 heteroatoms. The second kappa shape index (κ2) is 8.07. The van der Waals surface area contributed by atoms with Crippen molar-refractivity contribution in [2.24, 2.45) is 0 Å². The van der Waals surface area contributed by atoms with Gasteiger partial charge in [-0.05, 0) is 34.1 Å². The van der Waals surface area contributed by atoms with Crippen molar-refractivity contribution in [3.63, 3.8) is 0 Å². The number of para-hydroxylation sites is 1. The highest BCUT2D eigenvalue weighted by molar-refractivity contribution is 9.10. The number of carbonyl (C=O) groups excluding carboxylic acids is 1. The molecule has 0 atom stereocenters. The number of halogens is 2. The number of rotatable bonds is 6. The van der Waals surface area contributed by atoms with Gasteiger partial charge in [0.25, 0.3) is 5.91 Å². The highest BCUT2D eigenvalue weighted by Crippen LogP contribution is 2.32. The van der Waals surface area contributed by atoms with E-state index in [0.717, 1.165) is 14.4 Å². The number of hydrogen-bond acceptors (Lipinski definition) is 5. The molecule has 0 spiro atoms. The molecule has 0 aliphatic rings. The number of aromatic nitrogens is 1. The van der Waals surface area contributed by atoms with Crippen LogP contribution in [-0.4, -0.2) is 36.0 Å². The third-order valence-electron chi connectivity index (χ3n) is 3.37. The lowest BCUT2D eigenvalue weighted by molar-refractivity contribution is 0.0768. The molecule has 2 heterocycles. The zero-order valence-corrected chi connectivity index (χ0v) is 16.5. The quantitative estimate of drug-likeness (QED) is 0.545. The predicted molar refractivity (Wildman–Crippen MR) is 102 cm³/mol. The lowest BCUT2D eigenvalue weighted by atomic mass is 10.3. The average Bonchev–Trinajstić information content (AvgIpc) is 3.24. The Morgan fingerprint density at radius 3 is 2.84 bits per heavy atom. The number of thiazole rings is 1. The first kappa shape index (κ1) is 18.0. The molecule has 0 unspecified atom stereocenters. The van der Waals surface area contributed by atoms with E-state index in [0.29, 0.717) is 12.2 Å². The second-order valence-electron chi connectivity index (χ2n) is 5.17. The molecule has 0 saturated heterocycles. The molecule has 3 rings (SSSR count). The molecular weight excluding hydrogens is 427 g/mol. The molecule has 4 nitrogen and oxygen atoms in total. The van der Waals surface area contributed by atoms with Crippen LogP contribution in [0.15, 0.2) is 45.6 Å². The van der Waals surface area contributed by atoms with E-state index in [1.54, 1.807) is 42.0 Å². The van der Waals surface area contributed by atoms with Crippen molar-refractivity contribution in [1.82, 2.24) is 9.88 Å². The van der Waals surface area contributed by atoms with Gasteiger partial charge in [0, 0.05) is 22.3 Å². The van der Waals surface area contributed by atoms with E-state index in [9.17, 15) is 9.18 Å². The summed E-state index contributed by atoms with van der Waals surface area (Å²) in [4.78, 5) is 19.4. The van der Waals surface area contributed by atoms with Crippen molar-refractivity contribution in [2.75, 3.05) is 20.2 Å². The number of hydrogen-bond donors (Lipinski definition) is 0. The van der Waals surface area contributed by atoms with Crippen LogP contribution in [0.3, 0.4) is 0 Å². The fraction of sp³-hybridized carbons (Fsp3) is 0.176. The molecule has 1 aromatic carbocycles. The zero-order valence-electron chi connectivity index (χ0n) is 13.2. The van der Waals surface area contributed by atoms with Gasteiger partial charge in [0.2, 0.25) is 0 Å².